The molecule has 1 heterocycles. The highest BCUT2D eigenvalue weighted by molar-refractivity contribution is 8.14. The van der Waals surface area contributed by atoms with Crippen molar-refractivity contribution in [2.45, 2.75) is 32.4 Å². The maximum absolute atomic E-state index is 11.8. The van der Waals surface area contributed by atoms with Crippen molar-refractivity contribution >= 4 is 28.8 Å². The second-order valence-corrected chi connectivity index (χ2v) is 5.45. The molecule has 1 atom stereocenters. The monoisotopic (exact) mass is 271 g/mol. The van der Waals surface area contributed by atoms with Crippen molar-refractivity contribution in [1.82, 2.24) is 4.90 Å². The molecular weight excluding hydrogens is 254 g/mol. The zero-order valence-electron chi connectivity index (χ0n) is 10.8. The molecule has 0 spiro atoms. The summed E-state index contributed by atoms with van der Waals surface area (Å²) in [6.45, 7) is 5.67. The summed E-state index contributed by atoms with van der Waals surface area (Å²) in [6.07, 6.45) is 1.64. The molecule has 0 radical (unpaired) electrons. The van der Waals surface area contributed by atoms with Gasteiger partial charge in [-0.1, -0.05) is 11.8 Å². The molecule has 100 valence electrons. The van der Waals surface area contributed by atoms with Crippen molar-refractivity contribution in [2.24, 2.45) is 0 Å². The van der Waals surface area contributed by atoms with Crippen molar-refractivity contribution in [3.8, 4) is 0 Å². The SMILES string of the molecule is CCOC(=O)C=C(C)N1CC(SC(C)=O)CC1=O. The van der Waals surface area contributed by atoms with Gasteiger partial charge in [0.15, 0.2) is 5.12 Å². The van der Waals surface area contributed by atoms with Gasteiger partial charge in [0.05, 0.1) is 6.61 Å². The molecule has 1 saturated heterocycles. The summed E-state index contributed by atoms with van der Waals surface area (Å²) in [5.41, 5.74) is 0.560. The molecule has 0 bridgehead atoms. The van der Waals surface area contributed by atoms with Crippen LogP contribution in [0.1, 0.15) is 27.2 Å². The zero-order valence-corrected chi connectivity index (χ0v) is 11.6. The van der Waals surface area contributed by atoms with Crippen LogP contribution in [0.4, 0.5) is 0 Å². The van der Waals surface area contributed by atoms with Crippen LogP contribution in [-0.4, -0.2) is 40.3 Å². The Hall–Kier alpha value is -1.30. The molecule has 0 N–H and O–H groups in total. The first-order chi connectivity index (χ1) is 8.43. The molecule has 1 amide bonds. The van der Waals surface area contributed by atoms with Crippen LogP contribution in [0.2, 0.25) is 0 Å². The number of thioether (sulfide) groups is 1. The highest BCUT2D eigenvalue weighted by Crippen LogP contribution is 2.26. The Morgan fingerprint density at radius 2 is 2.17 bits per heavy atom. The van der Waals surface area contributed by atoms with Crippen LogP contribution in [0, 0.1) is 0 Å². The number of amides is 1. The Kier molecular flexibility index (Phi) is 5.40. The fraction of sp³-hybridized carbons (Fsp3) is 0.583. The molecule has 1 aliphatic heterocycles. The van der Waals surface area contributed by atoms with E-state index in [4.69, 9.17) is 4.74 Å². The third-order valence-electron chi connectivity index (χ3n) is 2.46. The van der Waals surface area contributed by atoms with E-state index in [0.717, 1.165) is 0 Å². The average molecular weight is 271 g/mol. The normalized spacial score (nSPS) is 20.2. The van der Waals surface area contributed by atoms with Gasteiger partial charge < -0.3 is 9.64 Å². The summed E-state index contributed by atoms with van der Waals surface area (Å²) in [6, 6.07) is 0. The van der Waals surface area contributed by atoms with E-state index in [1.165, 1.54) is 29.7 Å². The minimum absolute atomic E-state index is 0.00155. The minimum atomic E-state index is -0.453. The molecule has 0 aliphatic carbocycles. The van der Waals surface area contributed by atoms with Crippen LogP contribution in [0.5, 0.6) is 0 Å². The standard InChI is InChI=1S/C12H17NO4S/c1-4-17-12(16)5-8(2)13-7-10(6-11(13)15)18-9(3)14/h5,10H,4,6-7H2,1-3H3. The molecular formula is C12H17NO4S. The van der Waals surface area contributed by atoms with Crippen LogP contribution in [0.25, 0.3) is 0 Å². The third-order valence-corrected chi connectivity index (χ3v) is 3.44. The zero-order chi connectivity index (χ0) is 13.7. The van der Waals surface area contributed by atoms with Crippen LogP contribution >= 0.6 is 11.8 Å². The van der Waals surface area contributed by atoms with Gasteiger partial charge in [-0.05, 0) is 13.8 Å². The Balaban J connectivity index is 2.64. The maximum Gasteiger partial charge on any atom is 0.332 e. The first-order valence-electron chi connectivity index (χ1n) is 5.76. The lowest BCUT2D eigenvalue weighted by molar-refractivity contribution is -0.137. The van der Waals surface area contributed by atoms with Crippen molar-refractivity contribution in [2.75, 3.05) is 13.2 Å². The number of likely N-dealkylation sites (tertiary alicyclic amines) is 1. The van der Waals surface area contributed by atoms with E-state index in [1.807, 2.05) is 0 Å². The number of carbonyl (C=O) groups excluding carboxylic acids is 3. The predicted molar refractivity (Wildman–Crippen MR) is 68.8 cm³/mol. The summed E-state index contributed by atoms with van der Waals surface area (Å²) in [7, 11) is 0. The predicted octanol–water partition coefficient (Wildman–Crippen LogP) is 1.33. The Morgan fingerprint density at radius 1 is 1.50 bits per heavy atom. The smallest absolute Gasteiger partial charge is 0.332 e. The largest absolute Gasteiger partial charge is 0.463 e. The van der Waals surface area contributed by atoms with E-state index in [-0.39, 0.29) is 16.3 Å². The number of rotatable bonds is 4. The van der Waals surface area contributed by atoms with Gasteiger partial charge in [0.1, 0.15) is 0 Å². The van der Waals surface area contributed by atoms with Gasteiger partial charge in [0, 0.05) is 36.9 Å². The van der Waals surface area contributed by atoms with Crippen LogP contribution in [-0.2, 0) is 19.1 Å². The summed E-state index contributed by atoms with van der Waals surface area (Å²) < 4.78 is 4.79. The number of hydrogen-bond acceptors (Lipinski definition) is 5. The summed E-state index contributed by atoms with van der Waals surface area (Å²) >= 11 is 1.17. The van der Waals surface area contributed by atoms with Gasteiger partial charge in [0.2, 0.25) is 5.91 Å². The number of hydrogen-bond donors (Lipinski definition) is 0. The lowest BCUT2D eigenvalue weighted by Gasteiger charge is -2.16. The topological polar surface area (TPSA) is 63.7 Å². The third kappa shape index (κ3) is 4.18. The van der Waals surface area contributed by atoms with E-state index in [1.54, 1.807) is 13.8 Å². The Labute approximate surface area is 111 Å². The second-order valence-electron chi connectivity index (χ2n) is 3.98. The molecule has 18 heavy (non-hydrogen) atoms. The van der Waals surface area contributed by atoms with E-state index in [9.17, 15) is 14.4 Å². The molecule has 0 saturated carbocycles. The van der Waals surface area contributed by atoms with Gasteiger partial charge in [0.25, 0.3) is 0 Å². The molecule has 1 rings (SSSR count). The summed E-state index contributed by atoms with van der Waals surface area (Å²) in [5, 5.41) is -0.0257. The highest BCUT2D eigenvalue weighted by atomic mass is 32.2. The van der Waals surface area contributed by atoms with Crippen LogP contribution in [0.3, 0.4) is 0 Å². The van der Waals surface area contributed by atoms with E-state index >= 15 is 0 Å². The summed E-state index contributed by atoms with van der Waals surface area (Å²) in [5.74, 6) is -0.516. The van der Waals surface area contributed by atoms with Crippen molar-refractivity contribution in [1.29, 1.82) is 0 Å². The van der Waals surface area contributed by atoms with E-state index in [2.05, 4.69) is 0 Å². The number of ether oxygens (including phenoxy) is 1. The minimum Gasteiger partial charge on any atom is -0.463 e. The number of nitrogens with zero attached hydrogens (tertiary/aromatic N) is 1. The lowest BCUT2D eigenvalue weighted by atomic mass is 10.4. The highest BCUT2D eigenvalue weighted by Gasteiger charge is 2.31. The van der Waals surface area contributed by atoms with Gasteiger partial charge >= 0.3 is 5.97 Å². The van der Waals surface area contributed by atoms with Gasteiger partial charge in [-0.3, -0.25) is 9.59 Å². The number of esters is 1. The average Bonchev–Trinajstić information content (AvgIpc) is 2.58. The molecule has 0 aromatic heterocycles. The van der Waals surface area contributed by atoms with Gasteiger partial charge in [-0.2, -0.15) is 0 Å². The van der Waals surface area contributed by atoms with Crippen LogP contribution in [0.15, 0.2) is 11.8 Å². The lowest BCUT2D eigenvalue weighted by Crippen LogP contribution is -2.24. The molecule has 5 nitrogen and oxygen atoms in total. The summed E-state index contributed by atoms with van der Waals surface area (Å²) in [4.78, 5) is 35.6. The van der Waals surface area contributed by atoms with E-state index in [0.29, 0.717) is 25.3 Å². The number of allylic oxidation sites excluding steroid dienone is 1. The van der Waals surface area contributed by atoms with Crippen molar-refractivity contribution < 1.29 is 19.1 Å². The molecule has 0 aromatic carbocycles. The quantitative estimate of drug-likeness (QED) is 0.570. The van der Waals surface area contributed by atoms with Crippen molar-refractivity contribution in [3.05, 3.63) is 11.8 Å². The Bertz CT molecular complexity index is 392. The molecule has 0 aromatic rings. The fourth-order valence-corrected chi connectivity index (χ4v) is 2.68. The molecule has 6 heteroatoms. The first kappa shape index (κ1) is 14.8. The second kappa shape index (κ2) is 6.58. The van der Waals surface area contributed by atoms with Crippen LogP contribution < -0.4 is 0 Å². The number of carbonyl (C=O) groups is 3. The first-order valence-corrected chi connectivity index (χ1v) is 6.64. The maximum atomic E-state index is 11.8. The molecule has 1 unspecified atom stereocenters. The van der Waals surface area contributed by atoms with Crippen molar-refractivity contribution in [3.63, 3.8) is 0 Å². The molecule has 1 aliphatic rings. The van der Waals surface area contributed by atoms with Gasteiger partial charge in [-0.15, -0.1) is 0 Å². The molecule has 1 fully saturated rings. The van der Waals surface area contributed by atoms with E-state index < -0.39 is 5.97 Å². The fourth-order valence-electron chi connectivity index (χ4n) is 1.76. The van der Waals surface area contributed by atoms with Gasteiger partial charge in [-0.25, -0.2) is 4.79 Å². The Morgan fingerprint density at radius 3 is 2.72 bits per heavy atom.